The van der Waals surface area contributed by atoms with Crippen LogP contribution in [0.5, 0.6) is 17.2 Å². The molecular formula is C23H20N2O4. The Bertz CT molecular complexity index is 1070. The summed E-state index contributed by atoms with van der Waals surface area (Å²) in [7, 11) is 4.52. The normalized spacial score (nSPS) is 9.76. The molecule has 0 saturated heterocycles. The largest absolute Gasteiger partial charge is 0.496 e. The predicted molar refractivity (Wildman–Crippen MR) is 111 cm³/mol. The Morgan fingerprint density at radius 1 is 0.862 bits per heavy atom. The van der Waals surface area contributed by atoms with Crippen molar-refractivity contribution in [3.05, 3.63) is 77.6 Å². The number of ether oxygens (including phenoxy) is 3. The molecule has 0 radical (unpaired) electrons. The summed E-state index contributed by atoms with van der Waals surface area (Å²) in [6.45, 7) is 0. The third-order valence-electron chi connectivity index (χ3n) is 4.07. The summed E-state index contributed by atoms with van der Waals surface area (Å²) < 4.78 is 15.9. The van der Waals surface area contributed by atoms with E-state index in [1.807, 2.05) is 30.3 Å². The molecule has 0 aliphatic rings. The van der Waals surface area contributed by atoms with Gasteiger partial charge in [0.05, 0.1) is 26.9 Å². The highest BCUT2D eigenvalue weighted by atomic mass is 16.5. The average molecular weight is 388 g/mol. The monoisotopic (exact) mass is 388 g/mol. The van der Waals surface area contributed by atoms with Gasteiger partial charge in [0.2, 0.25) is 0 Å². The Kier molecular flexibility index (Phi) is 6.33. The van der Waals surface area contributed by atoms with Crippen molar-refractivity contribution in [3.63, 3.8) is 0 Å². The van der Waals surface area contributed by atoms with Crippen LogP contribution in [0.15, 0.2) is 60.8 Å². The lowest BCUT2D eigenvalue weighted by molar-refractivity contribution is 0.102. The lowest BCUT2D eigenvalue weighted by Gasteiger charge is -2.14. The standard InChI is InChI=1S/C23H20N2O4/c1-27-20-15-22(29-3)21(28-2)14-19(20)23(26)25-18-9-6-7-16(13-18)10-11-17-8-4-5-12-24-17/h4-9,12-15H,1-3H3,(H,25,26). The number of carbonyl (C=O) groups is 1. The number of hydrogen-bond donors (Lipinski definition) is 1. The second-order valence-corrected chi connectivity index (χ2v) is 5.91. The molecular weight excluding hydrogens is 368 g/mol. The van der Waals surface area contributed by atoms with Gasteiger partial charge in [0.15, 0.2) is 11.5 Å². The number of hydrogen-bond acceptors (Lipinski definition) is 5. The highest BCUT2D eigenvalue weighted by molar-refractivity contribution is 6.06. The van der Waals surface area contributed by atoms with Crippen molar-refractivity contribution < 1.29 is 19.0 Å². The summed E-state index contributed by atoms with van der Waals surface area (Å²) in [5.41, 5.74) is 2.37. The molecule has 3 aromatic rings. The molecule has 6 heteroatoms. The molecule has 29 heavy (non-hydrogen) atoms. The van der Waals surface area contributed by atoms with Gasteiger partial charge < -0.3 is 19.5 Å². The Labute approximate surface area is 169 Å². The summed E-state index contributed by atoms with van der Waals surface area (Å²) in [5.74, 6) is 7.00. The van der Waals surface area contributed by atoms with Crippen molar-refractivity contribution in [2.75, 3.05) is 26.6 Å². The minimum Gasteiger partial charge on any atom is -0.496 e. The van der Waals surface area contributed by atoms with E-state index >= 15 is 0 Å². The van der Waals surface area contributed by atoms with Crippen molar-refractivity contribution in [1.82, 2.24) is 4.98 Å². The molecule has 1 N–H and O–H groups in total. The first-order valence-electron chi connectivity index (χ1n) is 8.79. The maximum atomic E-state index is 12.8. The first kappa shape index (κ1) is 19.8. The number of methoxy groups -OCH3 is 3. The van der Waals surface area contributed by atoms with E-state index in [0.29, 0.717) is 34.2 Å². The lowest BCUT2D eigenvalue weighted by Crippen LogP contribution is -2.13. The van der Waals surface area contributed by atoms with Gasteiger partial charge in [-0.3, -0.25) is 4.79 Å². The van der Waals surface area contributed by atoms with Crippen LogP contribution >= 0.6 is 0 Å². The Morgan fingerprint density at radius 3 is 2.31 bits per heavy atom. The molecule has 0 aliphatic carbocycles. The van der Waals surface area contributed by atoms with E-state index < -0.39 is 0 Å². The zero-order valence-corrected chi connectivity index (χ0v) is 16.4. The fourth-order valence-electron chi connectivity index (χ4n) is 2.65. The van der Waals surface area contributed by atoms with E-state index in [9.17, 15) is 4.79 Å². The Morgan fingerprint density at radius 2 is 1.62 bits per heavy atom. The van der Waals surface area contributed by atoms with Crippen molar-refractivity contribution in [2.24, 2.45) is 0 Å². The Hall–Kier alpha value is -3.98. The van der Waals surface area contributed by atoms with E-state index in [0.717, 1.165) is 5.56 Å². The predicted octanol–water partition coefficient (Wildman–Crippen LogP) is 3.76. The minimum atomic E-state index is -0.336. The molecule has 0 bridgehead atoms. The van der Waals surface area contributed by atoms with Crippen molar-refractivity contribution in [3.8, 4) is 29.1 Å². The molecule has 0 atom stereocenters. The molecule has 3 rings (SSSR count). The van der Waals surface area contributed by atoms with Crippen LogP contribution in [-0.4, -0.2) is 32.2 Å². The van der Waals surface area contributed by atoms with Crippen LogP contribution in [0.3, 0.4) is 0 Å². The molecule has 1 amide bonds. The zero-order valence-electron chi connectivity index (χ0n) is 16.4. The number of nitrogens with zero attached hydrogens (tertiary/aromatic N) is 1. The SMILES string of the molecule is COc1cc(OC)c(C(=O)Nc2cccc(C#Cc3ccccn3)c2)cc1OC. The zero-order chi connectivity index (χ0) is 20.6. The highest BCUT2D eigenvalue weighted by Gasteiger charge is 2.18. The molecule has 6 nitrogen and oxygen atoms in total. The second kappa shape index (κ2) is 9.29. The minimum absolute atomic E-state index is 0.329. The van der Waals surface area contributed by atoms with Crippen LogP contribution in [0.25, 0.3) is 0 Å². The van der Waals surface area contributed by atoms with Gasteiger partial charge in [-0.2, -0.15) is 0 Å². The quantitative estimate of drug-likeness (QED) is 0.674. The summed E-state index contributed by atoms with van der Waals surface area (Å²) in [6, 6.07) is 16.0. The third-order valence-corrected chi connectivity index (χ3v) is 4.07. The van der Waals surface area contributed by atoms with Crippen LogP contribution in [0.4, 0.5) is 5.69 Å². The van der Waals surface area contributed by atoms with E-state index in [2.05, 4.69) is 22.1 Å². The second-order valence-electron chi connectivity index (χ2n) is 5.91. The number of rotatable bonds is 5. The van der Waals surface area contributed by atoms with Gasteiger partial charge in [-0.25, -0.2) is 4.98 Å². The summed E-state index contributed by atoms with van der Waals surface area (Å²) >= 11 is 0. The lowest BCUT2D eigenvalue weighted by atomic mass is 10.1. The van der Waals surface area contributed by atoms with E-state index in [-0.39, 0.29) is 5.91 Å². The average Bonchev–Trinajstić information content (AvgIpc) is 2.77. The van der Waals surface area contributed by atoms with Gasteiger partial charge >= 0.3 is 0 Å². The highest BCUT2D eigenvalue weighted by Crippen LogP contribution is 2.35. The Balaban J connectivity index is 1.84. The summed E-state index contributed by atoms with van der Waals surface area (Å²) in [6.07, 6.45) is 1.69. The van der Waals surface area contributed by atoms with E-state index in [4.69, 9.17) is 14.2 Å². The van der Waals surface area contributed by atoms with E-state index in [1.54, 1.807) is 30.5 Å². The molecule has 1 heterocycles. The first-order valence-corrected chi connectivity index (χ1v) is 8.79. The number of benzene rings is 2. The van der Waals surface area contributed by atoms with Crippen molar-refractivity contribution in [1.29, 1.82) is 0 Å². The first-order chi connectivity index (χ1) is 14.1. The van der Waals surface area contributed by atoms with Gasteiger partial charge in [-0.05, 0) is 36.3 Å². The molecule has 0 aliphatic heterocycles. The van der Waals surface area contributed by atoms with Gasteiger partial charge in [0.1, 0.15) is 11.4 Å². The van der Waals surface area contributed by atoms with Gasteiger partial charge in [0, 0.05) is 29.6 Å². The fraction of sp³-hybridized carbons (Fsp3) is 0.130. The molecule has 1 aromatic heterocycles. The molecule has 0 spiro atoms. The van der Waals surface area contributed by atoms with Crippen LogP contribution < -0.4 is 19.5 Å². The number of amides is 1. The summed E-state index contributed by atoms with van der Waals surface area (Å²) in [5, 5.41) is 2.86. The number of anilines is 1. The maximum Gasteiger partial charge on any atom is 0.259 e. The van der Waals surface area contributed by atoms with Crippen LogP contribution in [-0.2, 0) is 0 Å². The molecule has 0 fully saturated rings. The van der Waals surface area contributed by atoms with E-state index in [1.165, 1.54) is 21.3 Å². The van der Waals surface area contributed by atoms with Gasteiger partial charge in [-0.15, -0.1) is 0 Å². The van der Waals surface area contributed by atoms with Gasteiger partial charge in [0.25, 0.3) is 5.91 Å². The number of carbonyl (C=O) groups excluding carboxylic acids is 1. The third kappa shape index (κ3) is 4.85. The maximum absolute atomic E-state index is 12.8. The van der Waals surface area contributed by atoms with Crippen LogP contribution in [0, 0.1) is 11.8 Å². The number of nitrogens with one attached hydrogen (secondary N) is 1. The molecule has 0 saturated carbocycles. The topological polar surface area (TPSA) is 69.7 Å². The summed E-state index contributed by atoms with van der Waals surface area (Å²) in [4.78, 5) is 17.0. The molecule has 0 unspecified atom stereocenters. The van der Waals surface area contributed by atoms with Gasteiger partial charge in [-0.1, -0.05) is 18.1 Å². The van der Waals surface area contributed by atoms with Crippen molar-refractivity contribution in [2.45, 2.75) is 0 Å². The number of aromatic nitrogens is 1. The smallest absolute Gasteiger partial charge is 0.259 e. The van der Waals surface area contributed by atoms with Crippen LogP contribution in [0.2, 0.25) is 0 Å². The molecule has 146 valence electrons. The van der Waals surface area contributed by atoms with Crippen molar-refractivity contribution >= 4 is 11.6 Å². The number of pyridine rings is 1. The molecule has 2 aromatic carbocycles. The fourth-order valence-corrected chi connectivity index (χ4v) is 2.65. The van der Waals surface area contributed by atoms with Crippen LogP contribution in [0.1, 0.15) is 21.6 Å².